The Morgan fingerprint density at radius 1 is 1.08 bits per heavy atom. The second-order valence-corrected chi connectivity index (χ2v) is 7.14. The van der Waals surface area contributed by atoms with Crippen molar-refractivity contribution in [2.45, 2.75) is 11.2 Å². The second-order valence-electron chi connectivity index (χ2n) is 5.56. The summed E-state index contributed by atoms with van der Waals surface area (Å²) in [6, 6.07) is 15.7. The van der Waals surface area contributed by atoms with Crippen LogP contribution in [-0.2, 0) is 0 Å². The van der Waals surface area contributed by atoms with Crippen LogP contribution in [-0.4, -0.2) is 21.0 Å². The quantitative estimate of drug-likeness (QED) is 0.612. The van der Waals surface area contributed by atoms with Crippen LogP contribution in [0, 0.1) is 0 Å². The molecule has 0 spiro atoms. The van der Waals surface area contributed by atoms with Gasteiger partial charge in [0.05, 0.1) is 10.0 Å². The van der Waals surface area contributed by atoms with E-state index < -0.39 is 0 Å². The van der Waals surface area contributed by atoms with Crippen LogP contribution in [0.3, 0.4) is 0 Å². The Morgan fingerprint density at radius 3 is 2.60 bits per heavy atom. The van der Waals surface area contributed by atoms with Crippen LogP contribution in [0.2, 0.25) is 10.0 Å². The minimum atomic E-state index is -0.116. The Kier molecular flexibility index (Phi) is 4.46. The van der Waals surface area contributed by atoms with E-state index in [0.717, 1.165) is 22.0 Å². The summed E-state index contributed by atoms with van der Waals surface area (Å²) in [5.41, 5.74) is 3.08. The molecule has 0 fully saturated rings. The molecule has 2 heterocycles. The average molecular weight is 389 g/mol. The second kappa shape index (κ2) is 6.75. The predicted molar refractivity (Wildman–Crippen MR) is 104 cm³/mol. The SMILES string of the molecule is CSc1nc2n(n1)[C@@H](c1ccc(Cl)c(Cl)c1)C=C(c1ccccc1)N2. The highest BCUT2D eigenvalue weighted by molar-refractivity contribution is 7.98. The maximum absolute atomic E-state index is 6.23. The van der Waals surface area contributed by atoms with E-state index in [2.05, 4.69) is 33.6 Å². The van der Waals surface area contributed by atoms with E-state index in [1.165, 1.54) is 11.8 Å². The molecule has 1 aliphatic heterocycles. The van der Waals surface area contributed by atoms with Crippen molar-refractivity contribution in [3.8, 4) is 0 Å². The van der Waals surface area contributed by atoms with Gasteiger partial charge in [-0.05, 0) is 35.6 Å². The van der Waals surface area contributed by atoms with Crippen molar-refractivity contribution < 1.29 is 0 Å². The molecule has 0 radical (unpaired) electrons. The lowest BCUT2D eigenvalue weighted by Crippen LogP contribution is -2.20. The number of nitrogens with zero attached hydrogens (tertiary/aromatic N) is 3. The van der Waals surface area contributed by atoms with Crippen LogP contribution < -0.4 is 5.32 Å². The molecule has 7 heteroatoms. The molecule has 4 rings (SSSR count). The van der Waals surface area contributed by atoms with Crippen molar-refractivity contribution >= 4 is 46.6 Å². The van der Waals surface area contributed by atoms with E-state index in [1.807, 2.05) is 47.3 Å². The third-order valence-electron chi connectivity index (χ3n) is 4.00. The van der Waals surface area contributed by atoms with E-state index in [1.54, 1.807) is 0 Å². The van der Waals surface area contributed by atoms with Crippen molar-refractivity contribution in [3.63, 3.8) is 0 Å². The van der Waals surface area contributed by atoms with E-state index in [-0.39, 0.29) is 6.04 Å². The molecule has 1 atom stereocenters. The third kappa shape index (κ3) is 3.15. The van der Waals surface area contributed by atoms with Gasteiger partial charge in [0.1, 0.15) is 6.04 Å². The van der Waals surface area contributed by atoms with E-state index >= 15 is 0 Å². The molecule has 0 saturated carbocycles. The number of aromatic nitrogens is 3. The van der Waals surface area contributed by atoms with Crippen LogP contribution >= 0.6 is 35.0 Å². The van der Waals surface area contributed by atoms with Crippen molar-refractivity contribution in [2.24, 2.45) is 0 Å². The number of fused-ring (bicyclic) bond motifs is 1. The molecule has 0 amide bonds. The zero-order chi connectivity index (χ0) is 17.4. The minimum absolute atomic E-state index is 0.116. The summed E-state index contributed by atoms with van der Waals surface area (Å²) >= 11 is 13.8. The van der Waals surface area contributed by atoms with Gasteiger partial charge in [0.25, 0.3) is 0 Å². The number of halogens is 2. The molecular weight excluding hydrogens is 375 g/mol. The standard InChI is InChI=1S/C18H14Cl2N4S/c1-25-18-22-17-21-15(11-5-3-2-4-6-11)10-16(24(17)23-18)12-7-8-13(19)14(20)9-12/h2-10,16H,1H3,(H,21,22,23)/t16-/m1/s1. The lowest BCUT2D eigenvalue weighted by molar-refractivity contribution is 0.598. The van der Waals surface area contributed by atoms with E-state index in [4.69, 9.17) is 23.2 Å². The van der Waals surface area contributed by atoms with Crippen molar-refractivity contribution in [1.82, 2.24) is 14.8 Å². The van der Waals surface area contributed by atoms with Gasteiger partial charge in [0.2, 0.25) is 11.1 Å². The maximum Gasteiger partial charge on any atom is 0.227 e. The molecule has 0 saturated heterocycles. The van der Waals surface area contributed by atoms with Gasteiger partial charge in [-0.3, -0.25) is 0 Å². The van der Waals surface area contributed by atoms with Gasteiger partial charge in [-0.15, -0.1) is 5.10 Å². The molecule has 2 aromatic carbocycles. The minimum Gasteiger partial charge on any atom is -0.324 e. The first-order chi connectivity index (χ1) is 12.2. The van der Waals surface area contributed by atoms with Gasteiger partial charge < -0.3 is 5.32 Å². The van der Waals surface area contributed by atoms with Gasteiger partial charge in [-0.1, -0.05) is 71.4 Å². The van der Waals surface area contributed by atoms with Gasteiger partial charge in [0.15, 0.2) is 0 Å². The highest BCUT2D eigenvalue weighted by Crippen LogP contribution is 2.35. The smallest absolute Gasteiger partial charge is 0.227 e. The molecule has 0 aliphatic carbocycles. The number of nitrogens with one attached hydrogen (secondary N) is 1. The number of hydrogen-bond donors (Lipinski definition) is 1. The van der Waals surface area contributed by atoms with E-state index in [0.29, 0.717) is 16.0 Å². The van der Waals surface area contributed by atoms with Gasteiger partial charge >= 0.3 is 0 Å². The molecule has 1 aliphatic rings. The number of thioether (sulfide) groups is 1. The fourth-order valence-electron chi connectivity index (χ4n) is 2.78. The summed E-state index contributed by atoms with van der Waals surface area (Å²) in [4.78, 5) is 4.56. The summed E-state index contributed by atoms with van der Waals surface area (Å²) < 4.78 is 1.87. The third-order valence-corrected chi connectivity index (χ3v) is 5.28. The highest BCUT2D eigenvalue weighted by Gasteiger charge is 2.25. The monoisotopic (exact) mass is 388 g/mol. The summed E-state index contributed by atoms with van der Waals surface area (Å²) in [6.07, 6.45) is 4.09. The Hall–Kier alpha value is -1.95. The van der Waals surface area contributed by atoms with E-state index in [9.17, 15) is 0 Å². The highest BCUT2D eigenvalue weighted by atomic mass is 35.5. The Morgan fingerprint density at radius 2 is 1.88 bits per heavy atom. The van der Waals surface area contributed by atoms with Crippen LogP contribution in [0.15, 0.2) is 59.8 Å². The molecule has 1 N–H and O–H groups in total. The topological polar surface area (TPSA) is 42.7 Å². The summed E-state index contributed by atoms with van der Waals surface area (Å²) in [6.45, 7) is 0. The molecule has 0 bridgehead atoms. The average Bonchev–Trinajstić information content (AvgIpc) is 3.07. The molecule has 25 heavy (non-hydrogen) atoms. The largest absolute Gasteiger partial charge is 0.324 e. The first-order valence-corrected chi connectivity index (χ1v) is 9.63. The maximum atomic E-state index is 6.23. The van der Waals surface area contributed by atoms with Crippen LogP contribution in [0.1, 0.15) is 17.2 Å². The van der Waals surface area contributed by atoms with Crippen molar-refractivity contribution in [1.29, 1.82) is 0 Å². The first kappa shape index (κ1) is 16.5. The van der Waals surface area contributed by atoms with Crippen LogP contribution in [0.25, 0.3) is 5.70 Å². The Balaban J connectivity index is 1.85. The molecule has 3 aromatic rings. The first-order valence-electron chi connectivity index (χ1n) is 7.65. The van der Waals surface area contributed by atoms with Gasteiger partial charge in [-0.25, -0.2) is 4.68 Å². The van der Waals surface area contributed by atoms with Gasteiger partial charge in [-0.2, -0.15) is 4.98 Å². The molecular formula is C18H14Cl2N4S. The lowest BCUT2D eigenvalue weighted by Gasteiger charge is -2.24. The number of rotatable bonds is 3. The Bertz CT molecular complexity index is 953. The number of anilines is 1. The molecule has 126 valence electrons. The Labute approximate surface area is 159 Å². The number of allylic oxidation sites excluding steroid dienone is 1. The number of benzene rings is 2. The predicted octanol–water partition coefficient (Wildman–Crippen LogP) is 5.36. The van der Waals surface area contributed by atoms with Crippen molar-refractivity contribution in [2.75, 3.05) is 11.6 Å². The zero-order valence-electron chi connectivity index (χ0n) is 13.3. The fraction of sp³-hybridized carbons (Fsp3) is 0.111. The zero-order valence-corrected chi connectivity index (χ0v) is 15.6. The molecule has 1 aromatic heterocycles. The lowest BCUT2D eigenvalue weighted by atomic mass is 10.0. The summed E-state index contributed by atoms with van der Waals surface area (Å²) in [5.74, 6) is 0.710. The fourth-order valence-corrected chi connectivity index (χ4v) is 3.43. The van der Waals surface area contributed by atoms with Crippen molar-refractivity contribution in [3.05, 3.63) is 75.8 Å². The molecule has 4 nitrogen and oxygen atoms in total. The van der Waals surface area contributed by atoms with Crippen LogP contribution in [0.5, 0.6) is 0 Å². The molecule has 0 unspecified atom stereocenters. The van der Waals surface area contributed by atoms with Gasteiger partial charge in [0, 0.05) is 5.70 Å². The van der Waals surface area contributed by atoms with Crippen LogP contribution in [0.4, 0.5) is 5.95 Å². The summed E-state index contributed by atoms with van der Waals surface area (Å²) in [7, 11) is 0. The summed E-state index contributed by atoms with van der Waals surface area (Å²) in [5, 5.41) is 9.75. The normalized spacial score (nSPS) is 16.1. The number of hydrogen-bond acceptors (Lipinski definition) is 4.